The van der Waals surface area contributed by atoms with E-state index in [1.165, 1.54) is 12.1 Å². The van der Waals surface area contributed by atoms with E-state index in [9.17, 15) is 9.18 Å². The fourth-order valence-electron chi connectivity index (χ4n) is 2.78. The number of nitrogens with one attached hydrogen (secondary N) is 1. The molecule has 6 nitrogen and oxygen atoms in total. The number of ether oxygens (including phenoxy) is 2. The Balaban J connectivity index is 1.71. The van der Waals surface area contributed by atoms with E-state index < -0.39 is 0 Å². The molecule has 7 heteroatoms. The van der Waals surface area contributed by atoms with Crippen LogP contribution in [0.3, 0.4) is 0 Å². The van der Waals surface area contributed by atoms with Gasteiger partial charge in [0.25, 0.3) is 5.91 Å². The van der Waals surface area contributed by atoms with E-state index >= 15 is 0 Å². The first-order chi connectivity index (χ1) is 12.0. The van der Waals surface area contributed by atoms with Gasteiger partial charge in [-0.2, -0.15) is 0 Å². The van der Waals surface area contributed by atoms with Gasteiger partial charge in [-0.3, -0.25) is 4.79 Å². The molecule has 0 spiro atoms. The summed E-state index contributed by atoms with van der Waals surface area (Å²) in [5, 5.41) is 2.90. The average molecular weight is 345 g/mol. The lowest BCUT2D eigenvalue weighted by atomic mass is 10.1. The summed E-state index contributed by atoms with van der Waals surface area (Å²) in [6, 6.07) is 7.24. The molecular formula is C18H20FN3O3. The van der Waals surface area contributed by atoms with Crippen molar-refractivity contribution < 1.29 is 18.7 Å². The number of aryl methyl sites for hydroxylation is 2. The van der Waals surface area contributed by atoms with Gasteiger partial charge in [-0.25, -0.2) is 14.4 Å². The number of aromatic nitrogens is 2. The Kier molecular flexibility index (Phi) is 5.23. The molecule has 1 N–H and O–H groups in total. The van der Waals surface area contributed by atoms with Crippen LogP contribution in [0.4, 0.5) is 4.39 Å². The van der Waals surface area contributed by atoms with Crippen LogP contribution in [0.25, 0.3) is 0 Å². The predicted molar refractivity (Wildman–Crippen MR) is 89.0 cm³/mol. The molecule has 3 rings (SSSR count). The number of nitrogens with zero attached hydrogens (tertiary/aromatic N) is 2. The molecule has 1 aliphatic rings. The second-order valence-electron chi connectivity index (χ2n) is 6.00. The summed E-state index contributed by atoms with van der Waals surface area (Å²) < 4.78 is 24.7. The van der Waals surface area contributed by atoms with Gasteiger partial charge in [-0.1, -0.05) is 6.07 Å². The van der Waals surface area contributed by atoms with Gasteiger partial charge in [-0.05, 0) is 32.0 Å². The maximum atomic E-state index is 13.3. The Hall–Kier alpha value is -2.54. The first-order valence-electron chi connectivity index (χ1n) is 8.14. The van der Waals surface area contributed by atoms with Crippen molar-refractivity contribution in [1.29, 1.82) is 0 Å². The first kappa shape index (κ1) is 17.3. The van der Waals surface area contributed by atoms with E-state index in [2.05, 4.69) is 15.3 Å². The van der Waals surface area contributed by atoms with E-state index in [1.54, 1.807) is 25.1 Å². The van der Waals surface area contributed by atoms with Crippen LogP contribution in [0.5, 0.6) is 5.75 Å². The van der Waals surface area contributed by atoms with Crippen molar-refractivity contribution in [3.63, 3.8) is 0 Å². The third-order valence-corrected chi connectivity index (χ3v) is 3.89. The number of carbonyl (C=O) groups excluding carboxylic acids is 1. The number of benzene rings is 1. The van der Waals surface area contributed by atoms with E-state index in [1.807, 2.05) is 6.92 Å². The van der Waals surface area contributed by atoms with Crippen molar-refractivity contribution >= 4 is 5.91 Å². The zero-order valence-electron chi connectivity index (χ0n) is 14.2. The molecule has 0 aliphatic carbocycles. The Morgan fingerprint density at radius 1 is 1.32 bits per heavy atom. The summed E-state index contributed by atoms with van der Waals surface area (Å²) in [6.45, 7) is 4.40. The van der Waals surface area contributed by atoms with Crippen molar-refractivity contribution in [1.82, 2.24) is 15.3 Å². The predicted octanol–water partition coefficient (Wildman–Crippen LogP) is 2.20. The fraction of sp³-hybridized carbons (Fsp3) is 0.389. The molecule has 2 atom stereocenters. The highest BCUT2D eigenvalue weighted by atomic mass is 19.1. The highest BCUT2D eigenvalue weighted by molar-refractivity contribution is 5.92. The Bertz CT molecular complexity index is 749. The smallest absolute Gasteiger partial charge is 0.270 e. The lowest BCUT2D eigenvalue weighted by Gasteiger charge is -2.32. The number of hydrogen-bond donors (Lipinski definition) is 1. The molecule has 0 bridgehead atoms. The molecular weight excluding hydrogens is 325 g/mol. The molecule has 1 amide bonds. The molecule has 1 aliphatic heterocycles. The van der Waals surface area contributed by atoms with Crippen molar-refractivity contribution in [2.75, 3.05) is 13.2 Å². The van der Waals surface area contributed by atoms with Gasteiger partial charge in [-0.15, -0.1) is 0 Å². The molecule has 1 aromatic carbocycles. The minimum absolute atomic E-state index is 0.302. The summed E-state index contributed by atoms with van der Waals surface area (Å²) in [4.78, 5) is 20.8. The van der Waals surface area contributed by atoms with Gasteiger partial charge in [0.05, 0.1) is 19.3 Å². The van der Waals surface area contributed by atoms with Gasteiger partial charge in [0, 0.05) is 18.2 Å². The van der Waals surface area contributed by atoms with Crippen LogP contribution in [0.2, 0.25) is 0 Å². The largest absolute Gasteiger partial charge is 0.488 e. The van der Waals surface area contributed by atoms with Crippen LogP contribution in [0.15, 0.2) is 30.3 Å². The minimum atomic E-state index is -0.364. The lowest BCUT2D eigenvalue weighted by molar-refractivity contribution is -0.00304. The summed E-state index contributed by atoms with van der Waals surface area (Å²) in [6.07, 6.45) is 0.298. The summed E-state index contributed by atoms with van der Waals surface area (Å²) in [7, 11) is 0. The fourth-order valence-corrected chi connectivity index (χ4v) is 2.78. The second-order valence-corrected chi connectivity index (χ2v) is 6.00. The second kappa shape index (κ2) is 7.57. The van der Waals surface area contributed by atoms with E-state index in [0.717, 1.165) is 5.69 Å². The van der Waals surface area contributed by atoms with Gasteiger partial charge < -0.3 is 14.8 Å². The first-order valence-corrected chi connectivity index (χ1v) is 8.14. The van der Waals surface area contributed by atoms with Crippen LogP contribution in [0.1, 0.15) is 28.4 Å². The molecule has 0 unspecified atom stereocenters. The highest BCUT2D eigenvalue weighted by Gasteiger charge is 2.29. The van der Waals surface area contributed by atoms with Crippen LogP contribution >= 0.6 is 0 Å². The normalized spacial score (nSPS) is 20.1. The summed E-state index contributed by atoms with van der Waals surface area (Å²) in [5.41, 5.74) is 1.03. The standard InChI is InChI=1S/C18H20FN3O3/c1-11-8-15(21-12(2)20-11)18(23)22-16-10-24-7-6-17(16)25-14-5-3-4-13(19)9-14/h3-5,8-9,16-17H,6-7,10H2,1-2H3,(H,22,23)/t16-,17+/m1/s1. The molecule has 1 saturated heterocycles. The van der Waals surface area contributed by atoms with Crippen molar-refractivity contribution in [2.45, 2.75) is 32.4 Å². The van der Waals surface area contributed by atoms with Crippen LogP contribution < -0.4 is 10.1 Å². The molecule has 2 aromatic rings. The Morgan fingerprint density at radius 2 is 2.16 bits per heavy atom. The van der Waals surface area contributed by atoms with Crippen LogP contribution in [-0.2, 0) is 4.74 Å². The topological polar surface area (TPSA) is 73.3 Å². The summed E-state index contributed by atoms with van der Waals surface area (Å²) in [5.74, 6) is 0.298. The van der Waals surface area contributed by atoms with Gasteiger partial charge in [0.15, 0.2) is 0 Å². The number of amides is 1. The molecule has 1 aromatic heterocycles. The number of carbonyl (C=O) groups is 1. The van der Waals surface area contributed by atoms with E-state index in [0.29, 0.717) is 36.9 Å². The van der Waals surface area contributed by atoms with Crippen molar-refractivity contribution in [3.8, 4) is 5.75 Å². The molecule has 132 valence electrons. The summed E-state index contributed by atoms with van der Waals surface area (Å²) >= 11 is 0. The third kappa shape index (κ3) is 4.51. The SMILES string of the molecule is Cc1cc(C(=O)N[C@@H]2COCC[C@@H]2Oc2cccc(F)c2)nc(C)n1. The number of hydrogen-bond acceptors (Lipinski definition) is 5. The zero-order chi connectivity index (χ0) is 17.8. The van der Waals surface area contributed by atoms with Crippen molar-refractivity contribution in [2.24, 2.45) is 0 Å². The average Bonchev–Trinajstić information content (AvgIpc) is 2.56. The minimum Gasteiger partial charge on any atom is -0.488 e. The van der Waals surface area contributed by atoms with E-state index in [-0.39, 0.29) is 23.9 Å². The number of rotatable bonds is 4. The lowest BCUT2D eigenvalue weighted by Crippen LogP contribution is -2.52. The Morgan fingerprint density at radius 3 is 2.92 bits per heavy atom. The molecule has 1 fully saturated rings. The van der Waals surface area contributed by atoms with E-state index in [4.69, 9.17) is 9.47 Å². The van der Waals surface area contributed by atoms with Crippen molar-refractivity contribution in [3.05, 3.63) is 53.4 Å². The maximum Gasteiger partial charge on any atom is 0.270 e. The van der Waals surface area contributed by atoms with Crippen LogP contribution in [0, 0.1) is 19.7 Å². The van der Waals surface area contributed by atoms with Gasteiger partial charge >= 0.3 is 0 Å². The number of halogens is 1. The Labute approximate surface area is 145 Å². The third-order valence-electron chi connectivity index (χ3n) is 3.89. The molecule has 2 heterocycles. The van der Waals surface area contributed by atoms with Gasteiger partial charge in [0.2, 0.25) is 0 Å². The highest BCUT2D eigenvalue weighted by Crippen LogP contribution is 2.19. The monoisotopic (exact) mass is 345 g/mol. The quantitative estimate of drug-likeness (QED) is 0.920. The molecule has 25 heavy (non-hydrogen) atoms. The molecule has 0 saturated carbocycles. The maximum absolute atomic E-state index is 13.3. The molecule has 0 radical (unpaired) electrons. The zero-order valence-corrected chi connectivity index (χ0v) is 14.2. The van der Waals surface area contributed by atoms with Crippen LogP contribution in [-0.4, -0.2) is 41.2 Å². The van der Waals surface area contributed by atoms with Gasteiger partial charge in [0.1, 0.15) is 29.2 Å².